The second-order valence-electron chi connectivity index (χ2n) is 10.6. The minimum Gasteiger partial charge on any atom is -0.487 e. The van der Waals surface area contributed by atoms with Gasteiger partial charge in [0.05, 0.1) is 22.7 Å². The van der Waals surface area contributed by atoms with E-state index in [9.17, 15) is 9.90 Å². The van der Waals surface area contributed by atoms with Crippen LogP contribution in [0.5, 0.6) is 5.75 Å². The fraction of sp³-hybridized carbons (Fsp3) is 0.273. The molecule has 230 valence electrons. The summed E-state index contributed by atoms with van der Waals surface area (Å²) in [6, 6.07) is 29.7. The molecule has 8 nitrogen and oxygen atoms in total. The van der Waals surface area contributed by atoms with Crippen LogP contribution in [0.1, 0.15) is 39.7 Å². The van der Waals surface area contributed by atoms with Gasteiger partial charge in [-0.1, -0.05) is 66.2 Å². The number of halogens is 1. The van der Waals surface area contributed by atoms with Crippen LogP contribution in [0.3, 0.4) is 0 Å². The molecule has 1 saturated carbocycles. The molecule has 1 amide bonds. The van der Waals surface area contributed by atoms with Crippen LogP contribution in [-0.4, -0.2) is 50.4 Å². The van der Waals surface area contributed by atoms with Crippen LogP contribution in [0.25, 0.3) is 11.3 Å². The molecule has 43 heavy (non-hydrogen) atoms. The Labute approximate surface area is 263 Å². The van der Waals surface area contributed by atoms with E-state index in [1.165, 1.54) is 0 Å². The number of hydrogen-bond acceptors (Lipinski definition) is 6. The Balaban J connectivity index is 0.00000176. The molecule has 3 aromatic carbocycles. The fourth-order valence-corrected chi connectivity index (χ4v) is 6.50. The van der Waals surface area contributed by atoms with E-state index in [0.717, 1.165) is 59.5 Å². The summed E-state index contributed by atoms with van der Waals surface area (Å²) in [6.07, 6.45) is 3.66. The predicted molar refractivity (Wildman–Crippen MR) is 176 cm³/mol. The number of ether oxygens (including phenoxy) is 1. The average Bonchev–Trinajstić information content (AvgIpc) is 3.70. The Morgan fingerprint density at radius 2 is 1.81 bits per heavy atom. The highest BCUT2D eigenvalue weighted by Crippen LogP contribution is 2.50. The number of rotatable bonds is 10. The van der Waals surface area contributed by atoms with Gasteiger partial charge in [0.25, 0.3) is 0 Å². The van der Waals surface area contributed by atoms with Gasteiger partial charge in [-0.05, 0) is 85.2 Å². The van der Waals surface area contributed by atoms with Crippen molar-refractivity contribution >= 4 is 35.3 Å². The van der Waals surface area contributed by atoms with Crippen LogP contribution in [0, 0.1) is 0 Å². The van der Waals surface area contributed by atoms with E-state index in [-0.39, 0.29) is 32.4 Å². The van der Waals surface area contributed by atoms with E-state index in [2.05, 4.69) is 21.8 Å². The number of aliphatic hydroxyl groups is 1. The van der Waals surface area contributed by atoms with Gasteiger partial charge >= 0.3 is 0 Å². The lowest BCUT2D eigenvalue weighted by molar-refractivity contribution is -0.118. The molecular formula is C33H40ClN3O5S. The molecule has 1 aliphatic heterocycles. The fourth-order valence-electron chi connectivity index (χ4n) is 5.25. The predicted octanol–water partition coefficient (Wildman–Crippen LogP) is 5.96. The summed E-state index contributed by atoms with van der Waals surface area (Å²) < 4.78 is 8.27. The van der Waals surface area contributed by atoms with Crippen LogP contribution in [-0.2, 0) is 16.8 Å². The smallest absolute Gasteiger partial charge is 0.236 e. The number of benzene rings is 3. The number of amides is 1. The molecule has 4 aromatic rings. The number of carbonyl (C=O) groups is 1. The minimum atomic E-state index is -0.617. The molecule has 6 N–H and O–H groups in total. The third-order valence-electron chi connectivity index (χ3n) is 7.80. The van der Waals surface area contributed by atoms with Crippen molar-refractivity contribution in [1.82, 2.24) is 9.29 Å². The van der Waals surface area contributed by atoms with E-state index in [1.807, 2.05) is 72.8 Å². The molecule has 1 aliphatic carbocycles. The lowest BCUT2D eigenvalue weighted by Crippen LogP contribution is -2.28. The topological polar surface area (TPSA) is 138 Å². The third-order valence-corrected chi connectivity index (χ3v) is 9.31. The summed E-state index contributed by atoms with van der Waals surface area (Å²) >= 11 is 8.12. The highest BCUT2D eigenvalue weighted by Gasteiger charge is 2.51. The summed E-state index contributed by atoms with van der Waals surface area (Å²) in [4.78, 5) is 19.4. The zero-order valence-electron chi connectivity index (χ0n) is 23.6. The van der Waals surface area contributed by atoms with E-state index in [4.69, 9.17) is 21.3 Å². The Morgan fingerprint density at radius 3 is 2.53 bits per heavy atom. The van der Waals surface area contributed by atoms with E-state index in [1.54, 1.807) is 18.0 Å². The molecule has 1 aromatic heterocycles. The second kappa shape index (κ2) is 14.4. The Morgan fingerprint density at radius 1 is 1.05 bits per heavy atom. The first-order valence-corrected chi connectivity index (χ1v) is 15.1. The first kappa shape index (κ1) is 32.5. The second-order valence-corrected chi connectivity index (χ2v) is 12.1. The zero-order chi connectivity index (χ0) is 28.2. The van der Waals surface area contributed by atoms with E-state index < -0.39 is 5.41 Å². The molecule has 2 fully saturated rings. The summed E-state index contributed by atoms with van der Waals surface area (Å²) in [5, 5.41) is 13.2. The number of nitrogens with zero attached hydrogens (tertiary/aromatic N) is 2. The molecule has 2 aliphatic rings. The van der Waals surface area contributed by atoms with Gasteiger partial charge in [0.2, 0.25) is 5.91 Å². The average molecular weight is 626 g/mol. The van der Waals surface area contributed by atoms with Crippen molar-refractivity contribution in [2.45, 2.75) is 48.6 Å². The molecule has 1 saturated heterocycles. The normalized spacial score (nSPS) is 16.9. The van der Waals surface area contributed by atoms with Gasteiger partial charge in [-0.15, -0.1) is 0 Å². The highest BCUT2D eigenvalue weighted by molar-refractivity contribution is 7.97. The van der Waals surface area contributed by atoms with Gasteiger partial charge in [-0.2, -0.15) is 0 Å². The van der Waals surface area contributed by atoms with Gasteiger partial charge in [0.1, 0.15) is 18.2 Å². The molecular weight excluding hydrogens is 586 g/mol. The number of carbonyl (C=O) groups excluding carboxylic acids is 1. The van der Waals surface area contributed by atoms with Crippen LogP contribution < -0.4 is 10.1 Å². The SMILES string of the molecule is O.O.O=C(Nc1cccc(-c2ccc(SN3CCC[C@@H]3CO)cc2)n1)C1(c2ccc(Cl)c(OCc3ccccc3)c2)CC1.[HH].[HH]. The summed E-state index contributed by atoms with van der Waals surface area (Å²) in [6.45, 7) is 1.58. The summed E-state index contributed by atoms with van der Waals surface area (Å²) in [5.41, 5.74) is 3.10. The first-order chi connectivity index (χ1) is 20.0. The number of aromatic nitrogens is 1. The van der Waals surface area contributed by atoms with Crippen molar-refractivity contribution < 1.29 is 28.4 Å². The van der Waals surface area contributed by atoms with E-state index in [0.29, 0.717) is 23.2 Å². The molecule has 6 rings (SSSR count). The van der Waals surface area contributed by atoms with Crippen molar-refractivity contribution in [3.8, 4) is 17.0 Å². The van der Waals surface area contributed by atoms with Crippen LogP contribution in [0.4, 0.5) is 5.82 Å². The summed E-state index contributed by atoms with van der Waals surface area (Å²) in [5.74, 6) is 1.02. The molecule has 1 atom stereocenters. The largest absolute Gasteiger partial charge is 0.487 e. The van der Waals surface area contributed by atoms with Crippen LogP contribution in [0.15, 0.2) is 95.9 Å². The van der Waals surface area contributed by atoms with Gasteiger partial charge in [0, 0.05) is 25.9 Å². The van der Waals surface area contributed by atoms with Crippen LogP contribution in [0.2, 0.25) is 5.02 Å². The van der Waals surface area contributed by atoms with Crippen molar-refractivity contribution in [3.63, 3.8) is 0 Å². The van der Waals surface area contributed by atoms with Gasteiger partial charge in [-0.3, -0.25) is 4.79 Å². The molecule has 0 radical (unpaired) electrons. The number of pyridine rings is 1. The van der Waals surface area contributed by atoms with Crippen molar-refractivity contribution in [3.05, 3.63) is 107 Å². The number of aliphatic hydroxyl groups excluding tert-OH is 1. The van der Waals surface area contributed by atoms with Gasteiger partial charge < -0.3 is 26.1 Å². The van der Waals surface area contributed by atoms with E-state index >= 15 is 0 Å². The number of nitrogens with one attached hydrogen (secondary N) is 1. The quantitative estimate of drug-likeness (QED) is 0.209. The standard InChI is InChI=1S/C33H32ClN3O3S.2H2O.2H2/c34-28-16-13-25(20-30(28)40-22-23-6-2-1-3-7-23)33(17-18-33)32(39)36-31-10-4-9-29(35-31)24-11-14-27(15-12-24)41-37-19-5-8-26(37)21-38;;;;/h1-4,6-7,9-16,20,26,38H,5,8,17-19,21-22H2,(H,35,36,39);2*1H2;2*1H/t26-;;;;/m1..../s1. The van der Waals surface area contributed by atoms with Gasteiger partial charge in [-0.25, -0.2) is 9.29 Å². The number of hydrogen-bond donors (Lipinski definition) is 2. The first-order valence-electron chi connectivity index (χ1n) is 14.0. The zero-order valence-corrected chi connectivity index (χ0v) is 25.2. The molecule has 2 heterocycles. The minimum absolute atomic E-state index is 0. The third kappa shape index (κ3) is 7.38. The maximum atomic E-state index is 13.5. The molecule has 10 heteroatoms. The maximum absolute atomic E-state index is 13.5. The monoisotopic (exact) mass is 625 g/mol. The Kier molecular flexibility index (Phi) is 10.8. The molecule has 0 bridgehead atoms. The Bertz CT molecular complexity index is 1530. The highest BCUT2D eigenvalue weighted by atomic mass is 35.5. The van der Waals surface area contributed by atoms with Crippen molar-refractivity contribution in [1.29, 1.82) is 0 Å². The number of anilines is 1. The Hall–Kier alpha value is -3.44. The van der Waals surface area contributed by atoms with Crippen LogP contribution >= 0.6 is 23.5 Å². The maximum Gasteiger partial charge on any atom is 0.236 e. The molecule has 0 unspecified atom stereocenters. The molecule has 0 spiro atoms. The lowest BCUT2D eigenvalue weighted by Gasteiger charge is -2.21. The van der Waals surface area contributed by atoms with Crippen molar-refractivity contribution in [2.24, 2.45) is 0 Å². The van der Waals surface area contributed by atoms with Crippen molar-refractivity contribution in [2.75, 3.05) is 18.5 Å². The summed E-state index contributed by atoms with van der Waals surface area (Å²) in [7, 11) is 0. The van der Waals surface area contributed by atoms with Gasteiger partial charge in [0.15, 0.2) is 0 Å². The lowest BCUT2D eigenvalue weighted by atomic mass is 9.94.